The van der Waals surface area contributed by atoms with E-state index in [1.807, 2.05) is 6.20 Å². The SMILES string of the molecule is NN1C=c2sccc2=NC1CCCCN1CCN(c2ccc3ccccc3n2)CC1. The number of aromatic nitrogens is 1. The van der Waals surface area contributed by atoms with E-state index < -0.39 is 0 Å². The molecule has 1 atom stereocenters. The number of hydrogen-bond donors (Lipinski definition) is 1. The molecule has 0 bridgehead atoms. The van der Waals surface area contributed by atoms with Gasteiger partial charge < -0.3 is 4.90 Å². The van der Waals surface area contributed by atoms with Gasteiger partial charge in [0.1, 0.15) is 12.0 Å². The minimum absolute atomic E-state index is 0.0722. The number of benzene rings is 1. The van der Waals surface area contributed by atoms with Crippen molar-refractivity contribution < 1.29 is 0 Å². The highest BCUT2D eigenvalue weighted by atomic mass is 32.1. The van der Waals surface area contributed by atoms with E-state index in [1.54, 1.807) is 16.3 Å². The van der Waals surface area contributed by atoms with Crippen molar-refractivity contribution in [2.75, 3.05) is 37.6 Å². The lowest BCUT2D eigenvalue weighted by Crippen LogP contribution is -2.47. The van der Waals surface area contributed by atoms with Gasteiger partial charge in [-0.1, -0.05) is 18.2 Å². The molecule has 30 heavy (non-hydrogen) atoms. The Kier molecular flexibility index (Phi) is 5.66. The van der Waals surface area contributed by atoms with Gasteiger partial charge in [-0.25, -0.2) is 10.8 Å². The Hall–Kier alpha value is -2.48. The maximum Gasteiger partial charge on any atom is 0.135 e. The zero-order valence-corrected chi connectivity index (χ0v) is 18.0. The van der Waals surface area contributed by atoms with Crippen molar-refractivity contribution in [1.82, 2.24) is 14.9 Å². The number of pyridine rings is 1. The summed E-state index contributed by atoms with van der Waals surface area (Å²) in [5.41, 5.74) is 1.08. The van der Waals surface area contributed by atoms with Gasteiger partial charge in [0.05, 0.1) is 15.4 Å². The van der Waals surface area contributed by atoms with Crippen molar-refractivity contribution in [3.05, 3.63) is 57.7 Å². The normalized spacial score (nSPS) is 19.4. The number of fused-ring (bicyclic) bond motifs is 2. The van der Waals surface area contributed by atoms with Crippen LogP contribution in [0.25, 0.3) is 17.1 Å². The first-order chi connectivity index (χ1) is 14.8. The van der Waals surface area contributed by atoms with E-state index in [0.717, 1.165) is 66.8 Å². The average Bonchev–Trinajstić information content (AvgIpc) is 3.24. The quantitative estimate of drug-likeness (QED) is 0.489. The number of rotatable bonds is 6. The summed E-state index contributed by atoms with van der Waals surface area (Å²) >= 11 is 1.69. The van der Waals surface area contributed by atoms with Crippen molar-refractivity contribution in [3.8, 4) is 0 Å². The topological polar surface area (TPSA) is 61.0 Å². The Morgan fingerprint density at radius 2 is 1.87 bits per heavy atom. The Morgan fingerprint density at radius 3 is 2.77 bits per heavy atom. The number of piperazine rings is 1. The van der Waals surface area contributed by atoms with Crippen LogP contribution in [0, 0.1) is 0 Å². The average molecular weight is 421 g/mol. The van der Waals surface area contributed by atoms with Gasteiger partial charge in [-0.15, -0.1) is 11.3 Å². The zero-order valence-electron chi connectivity index (χ0n) is 17.2. The Morgan fingerprint density at radius 1 is 1.00 bits per heavy atom. The maximum absolute atomic E-state index is 6.15. The standard InChI is InChI=1S/C23H28N6S/c24-29-17-21-20(10-16-30-21)26-23(29)7-3-4-11-27-12-14-28(15-13-27)22-9-8-18-5-1-2-6-19(18)25-22/h1-2,5-6,8-10,16-17,23H,3-4,7,11-15,24H2. The molecule has 1 aromatic carbocycles. The molecule has 0 aliphatic carbocycles. The molecule has 2 aliphatic heterocycles. The molecule has 1 fully saturated rings. The van der Waals surface area contributed by atoms with Crippen LogP contribution in [0.15, 0.2) is 52.8 Å². The van der Waals surface area contributed by atoms with Crippen molar-refractivity contribution in [3.63, 3.8) is 0 Å². The van der Waals surface area contributed by atoms with Crippen molar-refractivity contribution in [2.45, 2.75) is 25.4 Å². The van der Waals surface area contributed by atoms with Gasteiger partial charge in [0.25, 0.3) is 0 Å². The van der Waals surface area contributed by atoms with Crippen LogP contribution in [-0.4, -0.2) is 53.8 Å². The van der Waals surface area contributed by atoms with E-state index in [0.29, 0.717) is 0 Å². The predicted octanol–water partition coefficient (Wildman–Crippen LogP) is 2.16. The molecule has 2 N–H and O–H groups in total. The lowest BCUT2D eigenvalue weighted by atomic mass is 10.1. The summed E-state index contributed by atoms with van der Waals surface area (Å²) in [6.07, 6.45) is 5.43. The summed E-state index contributed by atoms with van der Waals surface area (Å²) in [7, 11) is 0. The number of nitrogens with zero attached hydrogens (tertiary/aromatic N) is 5. The first-order valence-corrected chi connectivity index (χ1v) is 11.6. The third kappa shape index (κ3) is 4.19. The summed E-state index contributed by atoms with van der Waals surface area (Å²) in [5.74, 6) is 7.25. The van der Waals surface area contributed by atoms with E-state index >= 15 is 0 Å². The van der Waals surface area contributed by atoms with E-state index in [-0.39, 0.29) is 6.17 Å². The van der Waals surface area contributed by atoms with E-state index in [9.17, 15) is 0 Å². The van der Waals surface area contributed by atoms with Gasteiger partial charge in [-0.2, -0.15) is 0 Å². The van der Waals surface area contributed by atoms with Crippen LogP contribution >= 0.6 is 11.3 Å². The predicted molar refractivity (Wildman–Crippen MR) is 124 cm³/mol. The highest BCUT2D eigenvalue weighted by Gasteiger charge is 2.19. The number of unbranched alkanes of at least 4 members (excludes halogenated alkanes) is 1. The fourth-order valence-electron chi connectivity index (χ4n) is 4.27. The molecule has 0 spiro atoms. The fourth-order valence-corrected chi connectivity index (χ4v) is 5.04. The molecular formula is C23H28N6S. The molecule has 0 saturated carbocycles. The molecule has 5 rings (SSSR count). The van der Waals surface area contributed by atoms with Gasteiger partial charge in [-0.05, 0) is 55.5 Å². The minimum atomic E-state index is 0.0722. The third-order valence-corrected chi connectivity index (χ3v) is 6.88. The zero-order chi connectivity index (χ0) is 20.3. The van der Waals surface area contributed by atoms with Crippen LogP contribution in [0.5, 0.6) is 0 Å². The second-order valence-electron chi connectivity index (χ2n) is 8.04. The second-order valence-corrected chi connectivity index (χ2v) is 8.99. The van der Waals surface area contributed by atoms with Crippen LogP contribution in [0.2, 0.25) is 0 Å². The van der Waals surface area contributed by atoms with Crippen molar-refractivity contribution >= 4 is 34.3 Å². The smallest absolute Gasteiger partial charge is 0.135 e. The molecule has 4 heterocycles. The fraction of sp³-hybridized carbons (Fsp3) is 0.391. The number of thiophene rings is 1. The van der Waals surface area contributed by atoms with Crippen molar-refractivity contribution in [2.24, 2.45) is 10.8 Å². The molecule has 156 valence electrons. The van der Waals surface area contributed by atoms with Gasteiger partial charge in [0.2, 0.25) is 0 Å². The molecule has 0 radical (unpaired) electrons. The van der Waals surface area contributed by atoms with Crippen LogP contribution in [0.1, 0.15) is 19.3 Å². The molecule has 2 aliphatic rings. The molecule has 6 nitrogen and oxygen atoms in total. The highest BCUT2D eigenvalue weighted by Crippen LogP contribution is 2.19. The summed E-state index contributed by atoms with van der Waals surface area (Å²) in [6, 6.07) is 14.7. The maximum atomic E-state index is 6.15. The number of para-hydroxylation sites is 1. The summed E-state index contributed by atoms with van der Waals surface area (Å²) < 4.78 is 1.16. The van der Waals surface area contributed by atoms with Crippen LogP contribution < -0.4 is 20.6 Å². The molecule has 1 saturated heterocycles. The Balaban J connectivity index is 1.07. The summed E-state index contributed by atoms with van der Waals surface area (Å²) in [6.45, 7) is 5.41. The number of hydrogen-bond acceptors (Lipinski definition) is 7. The second kappa shape index (κ2) is 8.71. The molecule has 0 amide bonds. The Bertz CT molecular complexity index is 1120. The van der Waals surface area contributed by atoms with Gasteiger partial charge in [0, 0.05) is 37.8 Å². The highest BCUT2D eigenvalue weighted by molar-refractivity contribution is 7.07. The molecular weight excluding hydrogens is 392 g/mol. The largest absolute Gasteiger partial charge is 0.354 e. The molecule has 2 aromatic heterocycles. The summed E-state index contributed by atoms with van der Waals surface area (Å²) in [4.78, 5) is 14.6. The Labute approximate surface area is 180 Å². The van der Waals surface area contributed by atoms with Gasteiger partial charge in [0.15, 0.2) is 0 Å². The van der Waals surface area contributed by atoms with Crippen molar-refractivity contribution in [1.29, 1.82) is 0 Å². The van der Waals surface area contributed by atoms with Gasteiger partial charge >= 0.3 is 0 Å². The number of anilines is 1. The lowest BCUT2D eigenvalue weighted by molar-refractivity contribution is 0.241. The first kappa shape index (κ1) is 19.5. The first-order valence-electron chi connectivity index (χ1n) is 10.8. The van der Waals surface area contributed by atoms with E-state index in [4.69, 9.17) is 15.8 Å². The van der Waals surface area contributed by atoms with Crippen LogP contribution in [-0.2, 0) is 0 Å². The minimum Gasteiger partial charge on any atom is -0.354 e. The van der Waals surface area contributed by atoms with E-state index in [2.05, 4.69) is 57.6 Å². The number of nitrogens with two attached hydrogens (primary N) is 1. The number of hydrazine groups is 1. The lowest BCUT2D eigenvalue weighted by Gasteiger charge is -2.35. The summed E-state index contributed by atoms with van der Waals surface area (Å²) in [5, 5.41) is 6.14. The third-order valence-electron chi connectivity index (χ3n) is 6.04. The molecule has 7 heteroatoms. The van der Waals surface area contributed by atoms with E-state index in [1.165, 1.54) is 11.8 Å². The van der Waals surface area contributed by atoms with Gasteiger partial charge in [-0.3, -0.25) is 14.9 Å². The molecule has 3 aromatic rings. The van der Waals surface area contributed by atoms with Crippen LogP contribution in [0.4, 0.5) is 5.82 Å². The molecule has 1 unspecified atom stereocenters. The monoisotopic (exact) mass is 420 g/mol. The van der Waals surface area contributed by atoms with Crippen LogP contribution in [0.3, 0.4) is 0 Å².